The number of nitrogens with zero attached hydrogens (tertiary/aromatic N) is 1. The summed E-state index contributed by atoms with van der Waals surface area (Å²) in [5.74, 6) is 0.933. The normalized spacial score (nSPS) is 33.6. The molecule has 1 heterocycles. The Morgan fingerprint density at radius 3 is 2.43 bits per heavy atom. The van der Waals surface area contributed by atoms with Crippen LogP contribution in [-0.4, -0.2) is 23.4 Å². The Morgan fingerprint density at radius 1 is 1.50 bits per heavy atom. The van der Waals surface area contributed by atoms with Gasteiger partial charge in [0.05, 0.1) is 0 Å². The molecule has 0 aromatic carbocycles. The minimum Gasteiger partial charge on any atom is -0.340 e. The predicted octanol–water partition coefficient (Wildman–Crippen LogP) is 2.68. The van der Waals surface area contributed by atoms with Crippen LogP contribution in [0.5, 0.6) is 0 Å². The third kappa shape index (κ3) is 2.10. The van der Waals surface area contributed by atoms with Gasteiger partial charge >= 0.3 is 0 Å². The van der Waals surface area contributed by atoms with Gasteiger partial charge in [-0.2, -0.15) is 0 Å². The highest BCUT2D eigenvalue weighted by Gasteiger charge is 2.37. The Labute approximate surface area is 87.7 Å². The van der Waals surface area contributed by atoms with Gasteiger partial charge in [-0.05, 0) is 31.1 Å². The molecule has 2 nitrogen and oxygen atoms in total. The summed E-state index contributed by atoms with van der Waals surface area (Å²) in [4.78, 5) is 13.3. The lowest BCUT2D eigenvalue weighted by atomic mass is 9.69. The summed E-state index contributed by atoms with van der Waals surface area (Å²) in [5, 5.41) is 0. The fraction of sp³-hybridized carbons (Fsp3) is 0.917. The zero-order chi connectivity index (χ0) is 10.9. The highest BCUT2D eigenvalue weighted by atomic mass is 16.2. The number of likely N-dealkylation sites (tertiary alicyclic amines) is 1. The van der Waals surface area contributed by atoms with Crippen molar-refractivity contribution in [2.45, 2.75) is 53.5 Å². The van der Waals surface area contributed by atoms with Gasteiger partial charge in [-0.25, -0.2) is 0 Å². The first-order valence-corrected chi connectivity index (χ1v) is 5.64. The zero-order valence-corrected chi connectivity index (χ0v) is 10.1. The molecule has 0 radical (unpaired) electrons. The standard InChI is InChI=1S/C12H23NO/c1-9(2)12(5)6-7-13(11(4)14)10(3)8-12/h9-10H,6-8H2,1-5H3. The number of hydrogen-bond acceptors (Lipinski definition) is 1. The van der Waals surface area contributed by atoms with Gasteiger partial charge in [-0.15, -0.1) is 0 Å². The van der Waals surface area contributed by atoms with Crippen molar-refractivity contribution in [1.82, 2.24) is 4.90 Å². The van der Waals surface area contributed by atoms with Gasteiger partial charge < -0.3 is 4.90 Å². The zero-order valence-electron chi connectivity index (χ0n) is 10.1. The average molecular weight is 197 g/mol. The molecule has 2 unspecified atom stereocenters. The smallest absolute Gasteiger partial charge is 0.219 e. The Hall–Kier alpha value is -0.530. The molecule has 1 aliphatic heterocycles. The Balaban J connectivity index is 2.67. The molecule has 0 aliphatic carbocycles. The van der Waals surface area contributed by atoms with Crippen molar-refractivity contribution in [2.24, 2.45) is 11.3 Å². The van der Waals surface area contributed by atoms with Crippen LogP contribution in [0.25, 0.3) is 0 Å². The number of amides is 1. The Bertz CT molecular complexity index is 224. The lowest BCUT2D eigenvalue weighted by Crippen LogP contribution is -2.48. The molecule has 0 bridgehead atoms. The molecule has 0 saturated carbocycles. The van der Waals surface area contributed by atoms with Crippen molar-refractivity contribution in [3.8, 4) is 0 Å². The molecule has 0 N–H and O–H groups in total. The molecule has 1 fully saturated rings. The summed E-state index contributed by atoms with van der Waals surface area (Å²) < 4.78 is 0. The third-order valence-electron chi connectivity index (χ3n) is 4.02. The maximum atomic E-state index is 11.3. The molecule has 0 aromatic heterocycles. The van der Waals surface area contributed by atoms with Crippen LogP contribution in [0.15, 0.2) is 0 Å². The fourth-order valence-electron chi connectivity index (χ4n) is 2.48. The van der Waals surface area contributed by atoms with Gasteiger partial charge in [-0.1, -0.05) is 20.8 Å². The highest BCUT2D eigenvalue weighted by Crippen LogP contribution is 2.40. The first-order valence-electron chi connectivity index (χ1n) is 5.64. The van der Waals surface area contributed by atoms with Gasteiger partial charge in [0.15, 0.2) is 0 Å². The van der Waals surface area contributed by atoms with Gasteiger partial charge in [-0.3, -0.25) is 4.79 Å². The van der Waals surface area contributed by atoms with Crippen molar-refractivity contribution in [3.05, 3.63) is 0 Å². The van der Waals surface area contributed by atoms with Crippen molar-refractivity contribution in [1.29, 1.82) is 0 Å². The summed E-state index contributed by atoms with van der Waals surface area (Å²) >= 11 is 0. The monoisotopic (exact) mass is 197 g/mol. The van der Waals surface area contributed by atoms with Crippen LogP contribution < -0.4 is 0 Å². The van der Waals surface area contributed by atoms with Crippen molar-refractivity contribution in [2.75, 3.05) is 6.54 Å². The van der Waals surface area contributed by atoms with E-state index in [1.807, 2.05) is 4.90 Å². The van der Waals surface area contributed by atoms with E-state index >= 15 is 0 Å². The minimum absolute atomic E-state index is 0.225. The van der Waals surface area contributed by atoms with Gasteiger partial charge in [0, 0.05) is 19.5 Å². The SMILES string of the molecule is CC(=O)N1CCC(C)(C(C)C)CC1C. The molecule has 14 heavy (non-hydrogen) atoms. The van der Waals surface area contributed by atoms with Crippen LogP contribution in [0.2, 0.25) is 0 Å². The molecule has 82 valence electrons. The molecular formula is C12H23NO. The number of carbonyl (C=O) groups is 1. The van der Waals surface area contributed by atoms with E-state index in [4.69, 9.17) is 0 Å². The number of rotatable bonds is 1. The third-order valence-corrected chi connectivity index (χ3v) is 4.02. The fourth-order valence-corrected chi connectivity index (χ4v) is 2.48. The number of piperidine rings is 1. The molecule has 0 aromatic rings. The number of hydrogen-bond donors (Lipinski definition) is 0. The molecule has 1 amide bonds. The van der Waals surface area contributed by atoms with E-state index in [2.05, 4.69) is 27.7 Å². The lowest BCUT2D eigenvalue weighted by Gasteiger charge is -2.45. The lowest BCUT2D eigenvalue weighted by molar-refractivity contribution is -0.134. The first-order chi connectivity index (χ1) is 6.37. The maximum Gasteiger partial charge on any atom is 0.219 e. The molecule has 2 atom stereocenters. The second-order valence-corrected chi connectivity index (χ2v) is 5.32. The van der Waals surface area contributed by atoms with Crippen LogP contribution in [0, 0.1) is 11.3 Å². The average Bonchev–Trinajstić information content (AvgIpc) is 2.02. The first kappa shape index (κ1) is 11.5. The quantitative estimate of drug-likeness (QED) is 0.633. The van der Waals surface area contributed by atoms with Crippen LogP contribution in [0.3, 0.4) is 0 Å². The van der Waals surface area contributed by atoms with E-state index in [-0.39, 0.29) is 5.91 Å². The Kier molecular flexibility index (Phi) is 3.23. The summed E-state index contributed by atoms with van der Waals surface area (Å²) in [5.41, 5.74) is 0.422. The maximum absolute atomic E-state index is 11.3. The molecule has 2 heteroatoms. The summed E-state index contributed by atoms with van der Waals surface area (Å²) in [6.07, 6.45) is 2.29. The summed E-state index contributed by atoms with van der Waals surface area (Å²) in [6, 6.07) is 0.411. The van der Waals surface area contributed by atoms with Gasteiger partial charge in [0.1, 0.15) is 0 Å². The molecular weight excluding hydrogens is 174 g/mol. The summed E-state index contributed by atoms with van der Waals surface area (Å²) in [7, 11) is 0. The van der Waals surface area contributed by atoms with E-state index in [0.717, 1.165) is 19.4 Å². The van der Waals surface area contributed by atoms with Crippen LogP contribution >= 0.6 is 0 Å². The summed E-state index contributed by atoms with van der Waals surface area (Å²) in [6.45, 7) is 11.7. The van der Waals surface area contributed by atoms with E-state index in [9.17, 15) is 4.79 Å². The predicted molar refractivity (Wildman–Crippen MR) is 59.0 cm³/mol. The molecule has 1 aliphatic rings. The van der Waals surface area contributed by atoms with E-state index in [1.165, 1.54) is 0 Å². The largest absolute Gasteiger partial charge is 0.340 e. The van der Waals surface area contributed by atoms with E-state index < -0.39 is 0 Å². The van der Waals surface area contributed by atoms with E-state index in [0.29, 0.717) is 17.4 Å². The Morgan fingerprint density at radius 2 is 2.07 bits per heavy atom. The van der Waals surface area contributed by atoms with Gasteiger partial charge in [0.25, 0.3) is 0 Å². The number of carbonyl (C=O) groups excluding carboxylic acids is 1. The van der Waals surface area contributed by atoms with Crippen molar-refractivity contribution in [3.63, 3.8) is 0 Å². The minimum atomic E-state index is 0.225. The second kappa shape index (κ2) is 3.92. The van der Waals surface area contributed by atoms with Crippen LogP contribution in [0.4, 0.5) is 0 Å². The van der Waals surface area contributed by atoms with Crippen molar-refractivity contribution >= 4 is 5.91 Å². The molecule has 1 saturated heterocycles. The van der Waals surface area contributed by atoms with Gasteiger partial charge in [0.2, 0.25) is 5.91 Å². The highest BCUT2D eigenvalue weighted by molar-refractivity contribution is 5.73. The van der Waals surface area contributed by atoms with E-state index in [1.54, 1.807) is 6.92 Å². The second-order valence-electron chi connectivity index (χ2n) is 5.32. The molecule has 1 rings (SSSR count). The molecule has 0 spiro atoms. The topological polar surface area (TPSA) is 20.3 Å². The van der Waals surface area contributed by atoms with Crippen LogP contribution in [0.1, 0.15) is 47.5 Å². The van der Waals surface area contributed by atoms with Crippen molar-refractivity contribution < 1.29 is 4.79 Å². The van der Waals surface area contributed by atoms with Crippen LogP contribution in [-0.2, 0) is 4.79 Å².